The molecule has 0 atom stereocenters. The number of ketones is 1. The van der Waals surface area contributed by atoms with Gasteiger partial charge in [0.25, 0.3) is 0 Å². The van der Waals surface area contributed by atoms with Crippen LogP contribution in [0.3, 0.4) is 0 Å². The Kier molecular flexibility index (Phi) is 4.05. The maximum atomic E-state index is 11.4. The molecule has 1 aromatic rings. The Morgan fingerprint density at radius 1 is 1.31 bits per heavy atom. The topological polar surface area (TPSA) is 69.4 Å². The van der Waals surface area contributed by atoms with Crippen molar-refractivity contribution < 1.29 is 14.3 Å². The number of rotatable bonds is 4. The highest BCUT2D eigenvalue weighted by Crippen LogP contribution is 2.16. The van der Waals surface area contributed by atoms with Gasteiger partial charge in [-0.2, -0.15) is 0 Å². The van der Waals surface area contributed by atoms with Crippen molar-refractivity contribution in [2.24, 2.45) is 0 Å². The number of anilines is 1. The predicted octanol–water partition coefficient (Wildman–Crippen LogP) is 2.04. The van der Waals surface area contributed by atoms with E-state index in [0.29, 0.717) is 24.2 Å². The number of hydrogen-bond acceptors (Lipinski definition) is 4. The Bertz CT molecular complexity index is 413. The molecule has 16 heavy (non-hydrogen) atoms. The maximum Gasteiger partial charge on any atom is 0.340 e. The van der Waals surface area contributed by atoms with Crippen molar-refractivity contribution >= 4 is 17.4 Å². The summed E-state index contributed by atoms with van der Waals surface area (Å²) in [6, 6.07) is 4.63. The van der Waals surface area contributed by atoms with E-state index in [0.717, 1.165) is 0 Å². The Morgan fingerprint density at radius 3 is 2.50 bits per heavy atom. The lowest BCUT2D eigenvalue weighted by molar-refractivity contribution is 0.0527. The molecule has 0 aliphatic rings. The highest BCUT2D eigenvalue weighted by molar-refractivity contribution is 6.00. The largest absolute Gasteiger partial charge is 0.462 e. The van der Waals surface area contributed by atoms with Gasteiger partial charge in [-0.05, 0) is 19.1 Å². The summed E-state index contributed by atoms with van der Waals surface area (Å²) in [5.74, 6) is -0.461. The first-order valence-electron chi connectivity index (χ1n) is 5.20. The standard InChI is InChI=1S/C12H15NO3/c1-3-11(14)8-5-6-9(10(13)7-8)12(15)16-4-2/h5-7H,3-4,13H2,1-2H3. The molecule has 0 aliphatic carbocycles. The second kappa shape index (κ2) is 5.30. The van der Waals surface area contributed by atoms with E-state index in [1.54, 1.807) is 19.9 Å². The Hall–Kier alpha value is -1.84. The molecular weight excluding hydrogens is 206 g/mol. The summed E-state index contributed by atoms with van der Waals surface area (Å²) in [6.07, 6.45) is 0.415. The van der Waals surface area contributed by atoms with E-state index < -0.39 is 5.97 Å². The molecule has 0 amide bonds. The van der Waals surface area contributed by atoms with Gasteiger partial charge < -0.3 is 10.5 Å². The minimum Gasteiger partial charge on any atom is -0.462 e. The summed E-state index contributed by atoms with van der Waals surface area (Å²) in [5, 5.41) is 0. The van der Waals surface area contributed by atoms with Gasteiger partial charge in [0.2, 0.25) is 0 Å². The number of benzene rings is 1. The first-order chi connectivity index (χ1) is 7.60. The lowest BCUT2D eigenvalue weighted by Crippen LogP contribution is -2.09. The summed E-state index contributed by atoms with van der Waals surface area (Å²) in [6.45, 7) is 3.80. The van der Waals surface area contributed by atoms with Gasteiger partial charge in [-0.25, -0.2) is 4.79 Å². The average molecular weight is 221 g/mol. The van der Waals surface area contributed by atoms with Gasteiger partial charge in [0, 0.05) is 17.7 Å². The number of hydrogen-bond donors (Lipinski definition) is 1. The van der Waals surface area contributed by atoms with Gasteiger partial charge in [-0.3, -0.25) is 4.79 Å². The molecule has 0 saturated heterocycles. The molecule has 0 bridgehead atoms. The first kappa shape index (κ1) is 12.2. The fourth-order valence-corrected chi connectivity index (χ4v) is 1.34. The van der Waals surface area contributed by atoms with Crippen LogP contribution < -0.4 is 5.73 Å². The summed E-state index contributed by atoms with van der Waals surface area (Å²) >= 11 is 0. The second-order valence-corrected chi connectivity index (χ2v) is 3.30. The average Bonchev–Trinajstić information content (AvgIpc) is 2.28. The quantitative estimate of drug-likeness (QED) is 0.480. The van der Waals surface area contributed by atoms with E-state index in [-0.39, 0.29) is 11.5 Å². The molecule has 4 nitrogen and oxygen atoms in total. The normalized spacial score (nSPS) is 9.88. The Balaban J connectivity index is 3.00. The van der Waals surface area contributed by atoms with E-state index in [4.69, 9.17) is 10.5 Å². The van der Waals surface area contributed by atoms with Crippen LogP contribution in [0.5, 0.6) is 0 Å². The molecule has 0 fully saturated rings. The van der Waals surface area contributed by atoms with Crippen LogP contribution >= 0.6 is 0 Å². The molecule has 2 N–H and O–H groups in total. The van der Waals surface area contributed by atoms with Crippen molar-refractivity contribution in [2.45, 2.75) is 20.3 Å². The first-order valence-corrected chi connectivity index (χ1v) is 5.20. The van der Waals surface area contributed by atoms with E-state index in [1.807, 2.05) is 0 Å². The van der Waals surface area contributed by atoms with Crippen LogP contribution in [-0.4, -0.2) is 18.4 Å². The third-order valence-electron chi connectivity index (χ3n) is 2.19. The Morgan fingerprint density at radius 2 is 2.00 bits per heavy atom. The molecule has 0 heterocycles. The van der Waals surface area contributed by atoms with E-state index in [2.05, 4.69) is 0 Å². The van der Waals surface area contributed by atoms with Crippen LogP contribution in [0.4, 0.5) is 5.69 Å². The summed E-state index contributed by atoms with van der Waals surface area (Å²) in [4.78, 5) is 22.8. The predicted molar refractivity (Wildman–Crippen MR) is 61.4 cm³/mol. The number of Topliss-reactive ketones (excluding diaryl/α,β-unsaturated/α-hetero) is 1. The van der Waals surface area contributed by atoms with Crippen LogP contribution in [0, 0.1) is 0 Å². The fourth-order valence-electron chi connectivity index (χ4n) is 1.34. The van der Waals surface area contributed by atoms with Crippen LogP contribution in [0.2, 0.25) is 0 Å². The summed E-state index contributed by atoms with van der Waals surface area (Å²) in [7, 11) is 0. The van der Waals surface area contributed by atoms with Crippen LogP contribution in [-0.2, 0) is 4.74 Å². The third-order valence-corrected chi connectivity index (χ3v) is 2.19. The molecule has 0 saturated carbocycles. The van der Waals surface area contributed by atoms with Gasteiger partial charge in [0.05, 0.1) is 12.2 Å². The van der Waals surface area contributed by atoms with Crippen LogP contribution in [0.15, 0.2) is 18.2 Å². The molecule has 1 aromatic carbocycles. The van der Waals surface area contributed by atoms with Gasteiger partial charge in [0.15, 0.2) is 5.78 Å². The third kappa shape index (κ3) is 2.59. The molecule has 0 radical (unpaired) electrons. The molecule has 86 valence electrons. The highest BCUT2D eigenvalue weighted by Gasteiger charge is 2.12. The van der Waals surface area contributed by atoms with Crippen molar-refractivity contribution in [1.29, 1.82) is 0 Å². The fraction of sp³-hybridized carbons (Fsp3) is 0.333. The molecular formula is C12H15NO3. The number of nitrogens with two attached hydrogens (primary N) is 1. The minimum absolute atomic E-state index is 0.00195. The molecule has 0 aliphatic heterocycles. The van der Waals surface area contributed by atoms with Crippen LogP contribution in [0.25, 0.3) is 0 Å². The second-order valence-electron chi connectivity index (χ2n) is 3.30. The highest BCUT2D eigenvalue weighted by atomic mass is 16.5. The molecule has 0 aromatic heterocycles. The van der Waals surface area contributed by atoms with Crippen molar-refractivity contribution in [3.8, 4) is 0 Å². The summed E-state index contributed by atoms with van der Waals surface area (Å²) < 4.78 is 4.83. The van der Waals surface area contributed by atoms with Gasteiger partial charge in [0.1, 0.15) is 0 Å². The van der Waals surface area contributed by atoms with E-state index >= 15 is 0 Å². The zero-order chi connectivity index (χ0) is 12.1. The number of carbonyl (C=O) groups is 2. The number of nitrogen functional groups attached to an aromatic ring is 1. The van der Waals surface area contributed by atoms with Crippen molar-refractivity contribution in [3.63, 3.8) is 0 Å². The minimum atomic E-state index is -0.463. The lowest BCUT2D eigenvalue weighted by Gasteiger charge is -2.06. The van der Waals surface area contributed by atoms with Gasteiger partial charge >= 0.3 is 5.97 Å². The zero-order valence-corrected chi connectivity index (χ0v) is 9.45. The van der Waals surface area contributed by atoms with Crippen molar-refractivity contribution in [3.05, 3.63) is 29.3 Å². The van der Waals surface area contributed by atoms with Crippen molar-refractivity contribution in [2.75, 3.05) is 12.3 Å². The van der Waals surface area contributed by atoms with Gasteiger partial charge in [-0.15, -0.1) is 0 Å². The van der Waals surface area contributed by atoms with Crippen LogP contribution in [0.1, 0.15) is 41.0 Å². The SMILES string of the molecule is CCOC(=O)c1ccc(C(=O)CC)cc1N. The number of esters is 1. The maximum absolute atomic E-state index is 11.4. The lowest BCUT2D eigenvalue weighted by atomic mass is 10.0. The van der Waals surface area contributed by atoms with Crippen molar-refractivity contribution in [1.82, 2.24) is 0 Å². The van der Waals surface area contributed by atoms with Gasteiger partial charge in [-0.1, -0.05) is 13.0 Å². The number of carbonyl (C=O) groups excluding carboxylic acids is 2. The van der Waals surface area contributed by atoms with E-state index in [9.17, 15) is 9.59 Å². The van der Waals surface area contributed by atoms with E-state index in [1.165, 1.54) is 12.1 Å². The molecule has 0 unspecified atom stereocenters. The Labute approximate surface area is 94.4 Å². The smallest absolute Gasteiger partial charge is 0.340 e. The molecule has 0 spiro atoms. The number of ether oxygens (including phenoxy) is 1. The molecule has 4 heteroatoms. The molecule has 1 rings (SSSR count). The zero-order valence-electron chi connectivity index (χ0n) is 9.45. The monoisotopic (exact) mass is 221 g/mol. The summed E-state index contributed by atoms with van der Waals surface area (Å²) in [5.41, 5.74) is 6.79.